The summed E-state index contributed by atoms with van der Waals surface area (Å²) in [6.45, 7) is 2.01. The Bertz CT molecular complexity index is 1090. The molecule has 0 saturated heterocycles. The van der Waals surface area contributed by atoms with Crippen LogP contribution in [0.2, 0.25) is 0 Å². The maximum atomic E-state index is 12.1. The van der Waals surface area contributed by atoms with Gasteiger partial charge in [-0.15, -0.1) is 10.2 Å². The number of thioether (sulfide) groups is 1. The van der Waals surface area contributed by atoms with Crippen molar-refractivity contribution in [3.05, 3.63) is 65.2 Å². The van der Waals surface area contributed by atoms with Crippen LogP contribution in [0.5, 0.6) is 5.75 Å². The van der Waals surface area contributed by atoms with Gasteiger partial charge in [-0.25, -0.2) is 5.43 Å². The van der Waals surface area contributed by atoms with E-state index in [0.717, 1.165) is 11.1 Å². The Kier molecular flexibility index (Phi) is 4.94. The van der Waals surface area contributed by atoms with Crippen LogP contribution in [0.25, 0.3) is 17.5 Å². The molecule has 2 aromatic carbocycles. The molecule has 7 nitrogen and oxygen atoms in total. The van der Waals surface area contributed by atoms with Crippen molar-refractivity contribution in [2.45, 2.75) is 12.1 Å². The van der Waals surface area contributed by atoms with Gasteiger partial charge in [0.05, 0.1) is 11.3 Å². The molecule has 1 aliphatic rings. The number of carbonyl (C=O) groups is 1. The first-order chi connectivity index (χ1) is 13.6. The van der Waals surface area contributed by atoms with Crippen molar-refractivity contribution in [2.24, 2.45) is 5.10 Å². The fourth-order valence-electron chi connectivity index (χ4n) is 2.60. The summed E-state index contributed by atoms with van der Waals surface area (Å²) in [6, 6.07) is 14.6. The Morgan fingerprint density at radius 3 is 2.71 bits per heavy atom. The van der Waals surface area contributed by atoms with Crippen LogP contribution in [-0.2, 0) is 4.79 Å². The Hall–Kier alpha value is -3.39. The third kappa shape index (κ3) is 3.81. The number of rotatable bonds is 5. The van der Waals surface area contributed by atoms with Crippen LogP contribution in [0, 0.1) is 6.92 Å². The highest BCUT2D eigenvalue weighted by atomic mass is 32.2. The number of para-hydroxylation sites is 1. The van der Waals surface area contributed by atoms with Crippen LogP contribution < -0.4 is 5.43 Å². The molecule has 0 radical (unpaired) electrons. The van der Waals surface area contributed by atoms with E-state index in [1.165, 1.54) is 11.8 Å². The van der Waals surface area contributed by atoms with Crippen LogP contribution in [0.3, 0.4) is 0 Å². The molecule has 0 unspecified atom stereocenters. The number of phenols is 1. The average Bonchev–Trinajstić information content (AvgIpc) is 3.30. The van der Waals surface area contributed by atoms with Gasteiger partial charge in [0.1, 0.15) is 5.75 Å². The summed E-state index contributed by atoms with van der Waals surface area (Å²) >= 11 is 1.29. The lowest BCUT2D eigenvalue weighted by molar-refractivity contribution is -0.116. The molecule has 8 heteroatoms. The third-order valence-electron chi connectivity index (χ3n) is 4.12. The second-order valence-electron chi connectivity index (χ2n) is 6.14. The van der Waals surface area contributed by atoms with Gasteiger partial charge in [-0.2, -0.15) is 5.10 Å². The molecule has 4 rings (SSSR count). The van der Waals surface area contributed by atoms with E-state index in [-0.39, 0.29) is 11.7 Å². The number of phenolic OH excluding ortho intramolecular Hbond substituents is 1. The van der Waals surface area contributed by atoms with Gasteiger partial charge in [0, 0.05) is 16.9 Å². The molecule has 0 bridgehead atoms. The van der Waals surface area contributed by atoms with Gasteiger partial charge in [0.2, 0.25) is 5.89 Å². The first-order valence-electron chi connectivity index (χ1n) is 8.50. The highest BCUT2D eigenvalue weighted by Crippen LogP contribution is 2.26. The number of aromatic hydroxyl groups is 1. The molecule has 3 aromatic rings. The van der Waals surface area contributed by atoms with Crippen molar-refractivity contribution in [3.8, 4) is 17.2 Å². The van der Waals surface area contributed by atoms with E-state index in [9.17, 15) is 9.90 Å². The molecule has 0 fully saturated rings. The molecule has 0 saturated carbocycles. The first-order valence-corrected chi connectivity index (χ1v) is 9.49. The number of aryl methyl sites for hydroxylation is 1. The van der Waals surface area contributed by atoms with Crippen molar-refractivity contribution in [2.75, 3.05) is 5.75 Å². The molecular weight excluding hydrogens is 376 g/mol. The van der Waals surface area contributed by atoms with Crippen molar-refractivity contribution < 1.29 is 14.3 Å². The Morgan fingerprint density at radius 2 is 1.93 bits per heavy atom. The number of nitrogens with zero attached hydrogens (tertiary/aromatic N) is 3. The zero-order valence-electron chi connectivity index (χ0n) is 14.9. The third-order valence-corrected chi connectivity index (χ3v) is 4.95. The topological polar surface area (TPSA) is 101 Å². The lowest BCUT2D eigenvalue weighted by atomic mass is 10.1. The minimum atomic E-state index is -0.315. The summed E-state index contributed by atoms with van der Waals surface area (Å²) in [6.07, 6.45) is 1.61. The summed E-state index contributed by atoms with van der Waals surface area (Å²) in [5.74, 6) is 0.592. The van der Waals surface area contributed by atoms with E-state index in [4.69, 9.17) is 4.42 Å². The Morgan fingerprint density at radius 1 is 1.14 bits per heavy atom. The maximum absolute atomic E-state index is 12.1. The number of benzene rings is 2. The molecule has 140 valence electrons. The second-order valence-corrected chi connectivity index (χ2v) is 7.07. The number of hydrazone groups is 1. The van der Waals surface area contributed by atoms with Crippen LogP contribution in [-0.4, -0.2) is 32.7 Å². The predicted molar refractivity (Wildman–Crippen MR) is 107 cm³/mol. The normalized spacial score (nSPS) is 15.0. The van der Waals surface area contributed by atoms with E-state index in [0.29, 0.717) is 33.7 Å². The van der Waals surface area contributed by atoms with E-state index < -0.39 is 0 Å². The predicted octanol–water partition coefficient (Wildman–Crippen LogP) is 3.41. The van der Waals surface area contributed by atoms with Gasteiger partial charge in [-0.1, -0.05) is 47.7 Å². The van der Waals surface area contributed by atoms with E-state index in [1.807, 2.05) is 31.2 Å². The summed E-state index contributed by atoms with van der Waals surface area (Å²) in [7, 11) is 0. The molecule has 0 aliphatic carbocycles. The fourth-order valence-corrected chi connectivity index (χ4v) is 3.32. The van der Waals surface area contributed by atoms with Crippen molar-refractivity contribution in [3.63, 3.8) is 0 Å². The van der Waals surface area contributed by atoms with Gasteiger partial charge in [0.25, 0.3) is 11.1 Å². The van der Waals surface area contributed by atoms with E-state index >= 15 is 0 Å². The number of carbonyl (C=O) groups excluding carboxylic acids is 1. The minimum absolute atomic E-state index is 0.0985. The number of amides is 1. The summed E-state index contributed by atoms with van der Waals surface area (Å²) < 4.78 is 5.69. The SMILES string of the molecule is Cc1ccc(-c2nnc(SCC3=NNC(=O)/C3=C\c3ccccc3O)o2)cc1. The standard InChI is InChI=1S/C20H16N4O3S/c1-12-6-8-13(9-7-12)19-23-24-20(27-19)28-11-16-15(18(26)22-21-16)10-14-4-2-3-5-17(14)25/h2-10,25H,11H2,1H3,(H,22,26)/b15-10-. The monoisotopic (exact) mass is 392 g/mol. The lowest BCUT2D eigenvalue weighted by Gasteiger charge is -2.02. The molecule has 0 spiro atoms. The van der Waals surface area contributed by atoms with E-state index in [1.54, 1.807) is 30.3 Å². The molecule has 1 aliphatic heterocycles. The van der Waals surface area contributed by atoms with Crippen molar-refractivity contribution in [1.29, 1.82) is 0 Å². The Labute approximate surface area is 165 Å². The molecule has 2 heterocycles. The van der Waals surface area contributed by atoms with Crippen LogP contribution in [0.1, 0.15) is 11.1 Å². The average molecular weight is 392 g/mol. The van der Waals surface area contributed by atoms with Crippen LogP contribution in [0.15, 0.2) is 68.8 Å². The fraction of sp³-hybridized carbons (Fsp3) is 0.100. The zero-order chi connectivity index (χ0) is 19.5. The zero-order valence-corrected chi connectivity index (χ0v) is 15.7. The smallest absolute Gasteiger partial charge is 0.277 e. The van der Waals surface area contributed by atoms with Gasteiger partial charge in [-0.3, -0.25) is 4.79 Å². The number of nitrogens with one attached hydrogen (secondary N) is 1. The maximum Gasteiger partial charge on any atom is 0.277 e. The van der Waals surface area contributed by atoms with Gasteiger partial charge < -0.3 is 9.52 Å². The lowest BCUT2D eigenvalue weighted by Crippen LogP contribution is -2.13. The van der Waals surface area contributed by atoms with Gasteiger partial charge in [0.15, 0.2) is 0 Å². The number of hydrogen-bond acceptors (Lipinski definition) is 7. The molecular formula is C20H16N4O3S. The molecule has 2 N–H and O–H groups in total. The quantitative estimate of drug-likeness (QED) is 0.510. The largest absolute Gasteiger partial charge is 0.507 e. The molecule has 1 amide bonds. The molecule has 28 heavy (non-hydrogen) atoms. The number of aromatic nitrogens is 2. The summed E-state index contributed by atoms with van der Waals surface area (Å²) in [5, 5.41) is 22.5. The summed E-state index contributed by atoms with van der Waals surface area (Å²) in [5.41, 5.74) is 5.94. The van der Waals surface area contributed by atoms with Gasteiger partial charge >= 0.3 is 0 Å². The highest BCUT2D eigenvalue weighted by Gasteiger charge is 2.24. The second kappa shape index (κ2) is 7.69. The van der Waals surface area contributed by atoms with E-state index in [2.05, 4.69) is 20.7 Å². The first kappa shape index (κ1) is 18.0. The minimum Gasteiger partial charge on any atom is -0.507 e. The molecule has 0 atom stereocenters. The van der Waals surface area contributed by atoms with Gasteiger partial charge in [-0.05, 0) is 31.2 Å². The highest BCUT2D eigenvalue weighted by molar-refractivity contribution is 7.99. The number of hydrogen-bond donors (Lipinski definition) is 2. The molecule has 1 aromatic heterocycles. The Balaban J connectivity index is 1.48. The van der Waals surface area contributed by atoms with Crippen LogP contribution >= 0.6 is 11.8 Å². The summed E-state index contributed by atoms with van der Waals surface area (Å²) in [4.78, 5) is 12.1. The van der Waals surface area contributed by atoms with Crippen molar-refractivity contribution in [1.82, 2.24) is 15.6 Å². The van der Waals surface area contributed by atoms with Crippen molar-refractivity contribution >= 4 is 29.5 Å². The van der Waals surface area contributed by atoms with Crippen LogP contribution in [0.4, 0.5) is 0 Å².